The number of halogens is 1. The maximum atomic E-state index is 13.0. The molecule has 3 N–H and O–H groups in total. The molecule has 1 unspecified atom stereocenters. The first-order chi connectivity index (χ1) is 11.1. The first-order valence-corrected chi connectivity index (χ1v) is 7.58. The van der Waals surface area contributed by atoms with Crippen LogP contribution in [0.5, 0.6) is 0 Å². The van der Waals surface area contributed by atoms with E-state index in [0.29, 0.717) is 25.3 Å². The summed E-state index contributed by atoms with van der Waals surface area (Å²) in [6, 6.07) is 5.48. The van der Waals surface area contributed by atoms with Crippen LogP contribution in [0.1, 0.15) is 30.3 Å². The van der Waals surface area contributed by atoms with Crippen LogP contribution in [-0.4, -0.2) is 39.2 Å². The molecule has 0 fully saturated rings. The molecule has 1 amide bonds. The van der Waals surface area contributed by atoms with Crippen molar-refractivity contribution in [3.8, 4) is 0 Å². The number of carbonyl (C=O) groups excluding carboxylic acids is 1. The number of tetrazole rings is 1. The van der Waals surface area contributed by atoms with Crippen LogP contribution in [0.25, 0.3) is 0 Å². The molecule has 1 aromatic carbocycles. The predicted octanol–water partition coefficient (Wildman–Crippen LogP) is 0.760. The maximum Gasteiger partial charge on any atom is 0.245 e. The molecule has 124 valence electrons. The van der Waals surface area contributed by atoms with Crippen molar-refractivity contribution >= 4 is 5.91 Å². The molecule has 7 nitrogen and oxygen atoms in total. The fraction of sp³-hybridized carbons (Fsp3) is 0.467. The van der Waals surface area contributed by atoms with Gasteiger partial charge in [-0.15, -0.1) is 5.10 Å². The van der Waals surface area contributed by atoms with Crippen molar-refractivity contribution in [1.29, 1.82) is 0 Å². The Hall–Kier alpha value is -2.35. The highest BCUT2D eigenvalue weighted by atomic mass is 19.1. The molecule has 23 heavy (non-hydrogen) atoms. The molecule has 0 spiro atoms. The van der Waals surface area contributed by atoms with E-state index in [1.165, 1.54) is 16.8 Å². The van der Waals surface area contributed by atoms with Crippen LogP contribution in [0.15, 0.2) is 24.3 Å². The highest BCUT2D eigenvalue weighted by molar-refractivity contribution is 5.80. The molecule has 8 heteroatoms. The fourth-order valence-corrected chi connectivity index (χ4v) is 2.26. The number of nitrogens with two attached hydrogens (primary N) is 1. The highest BCUT2D eigenvalue weighted by Gasteiger charge is 2.23. The third-order valence-corrected chi connectivity index (χ3v) is 3.53. The van der Waals surface area contributed by atoms with E-state index in [-0.39, 0.29) is 11.7 Å². The molecule has 0 saturated heterocycles. The summed E-state index contributed by atoms with van der Waals surface area (Å²) in [5.41, 5.74) is 6.28. The number of nitrogens with one attached hydrogen (secondary N) is 1. The van der Waals surface area contributed by atoms with Crippen molar-refractivity contribution in [2.45, 2.75) is 32.2 Å². The molecular formula is C15H21FN6O. The van der Waals surface area contributed by atoms with Gasteiger partial charge in [0.15, 0.2) is 0 Å². The lowest BCUT2D eigenvalue weighted by Gasteiger charge is -2.17. The molecule has 0 aliphatic heterocycles. The molecule has 1 atom stereocenters. The van der Waals surface area contributed by atoms with Gasteiger partial charge in [0.05, 0.1) is 0 Å². The van der Waals surface area contributed by atoms with Crippen LogP contribution in [0.2, 0.25) is 0 Å². The number of benzene rings is 1. The minimum atomic E-state index is -0.576. The van der Waals surface area contributed by atoms with Crippen molar-refractivity contribution < 1.29 is 9.18 Å². The van der Waals surface area contributed by atoms with E-state index >= 15 is 0 Å². The van der Waals surface area contributed by atoms with Gasteiger partial charge in [-0.05, 0) is 54.4 Å². The van der Waals surface area contributed by atoms with Crippen molar-refractivity contribution in [3.63, 3.8) is 0 Å². The lowest BCUT2D eigenvalue weighted by molar-refractivity contribution is -0.124. The summed E-state index contributed by atoms with van der Waals surface area (Å²) in [4.78, 5) is 12.5. The second kappa shape index (κ2) is 8.33. The van der Waals surface area contributed by atoms with Crippen LogP contribution in [-0.2, 0) is 11.2 Å². The molecule has 0 bridgehead atoms. The second-order valence-electron chi connectivity index (χ2n) is 5.30. The van der Waals surface area contributed by atoms with Crippen LogP contribution in [0.3, 0.4) is 0 Å². The average molecular weight is 320 g/mol. The largest absolute Gasteiger partial charge is 0.354 e. The van der Waals surface area contributed by atoms with Crippen LogP contribution in [0.4, 0.5) is 4.39 Å². The third-order valence-electron chi connectivity index (χ3n) is 3.53. The van der Waals surface area contributed by atoms with Crippen molar-refractivity contribution in [1.82, 2.24) is 25.5 Å². The van der Waals surface area contributed by atoms with Crippen LogP contribution in [0, 0.1) is 12.7 Å². The zero-order valence-electron chi connectivity index (χ0n) is 13.1. The Labute approximate surface area is 134 Å². The number of unbranched alkanes of at least 4 members (excludes halogenated alkanes) is 1. The number of nitrogens with zero attached hydrogens (tertiary/aromatic N) is 4. The number of hydrogen-bond donors (Lipinski definition) is 2. The van der Waals surface area contributed by atoms with Gasteiger partial charge in [-0.3, -0.25) is 4.79 Å². The van der Waals surface area contributed by atoms with E-state index in [9.17, 15) is 9.18 Å². The van der Waals surface area contributed by atoms with Gasteiger partial charge in [0.1, 0.15) is 17.7 Å². The van der Waals surface area contributed by atoms with Crippen LogP contribution < -0.4 is 11.1 Å². The molecule has 0 aliphatic carbocycles. The topological polar surface area (TPSA) is 98.7 Å². The summed E-state index contributed by atoms with van der Waals surface area (Å²) in [7, 11) is 0. The smallest absolute Gasteiger partial charge is 0.245 e. The second-order valence-corrected chi connectivity index (χ2v) is 5.30. The summed E-state index contributed by atoms with van der Waals surface area (Å²) in [5.74, 6) is 0.0751. The minimum absolute atomic E-state index is 0.165. The summed E-state index contributed by atoms with van der Waals surface area (Å²) in [6.45, 7) is 2.89. The Morgan fingerprint density at radius 1 is 1.35 bits per heavy atom. The van der Waals surface area contributed by atoms with Gasteiger partial charge in [0.25, 0.3) is 0 Å². The number of aromatic nitrogens is 4. The highest BCUT2D eigenvalue weighted by Crippen LogP contribution is 2.15. The zero-order chi connectivity index (χ0) is 16.7. The summed E-state index contributed by atoms with van der Waals surface area (Å²) >= 11 is 0. The maximum absolute atomic E-state index is 13.0. The molecular weight excluding hydrogens is 299 g/mol. The normalized spacial score (nSPS) is 12.1. The minimum Gasteiger partial charge on any atom is -0.354 e. The molecule has 0 aliphatic rings. The standard InChI is InChI=1S/C15H21FN6O/c1-11-19-20-21-22(11)14(15(23)18-9-3-2-8-17)10-12-4-6-13(16)7-5-12/h4-7,14H,2-3,8-10,17H2,1H3,(H,18,23). The van der Waals surface area contributed by atoms with E-state index in [4.69, 9.17) is 5.73 Å². The van der Waals surface area contributed by atoms with Crippen molar-refractivity contribution in [2.24, 2.45) is 5.73 Å². The number of rotatable bonds is 8. The van der Waals surface area contributed by atoms with Gasteiger partial charge in [-0.2, -0.15) is 0 Å². The lowest BCUT2D eigenvalue weighted by Crippen LogP contribution is -2.35. The molecule has 0 radical (unpaired) electrons. The van der Waals surface area contributed by atoms with E-state index in [1.54, 1.807) is 19.1 Å². The van der Waals surface area contributed by atoms with E-state index < -0.39 is 6.04 Å². The molecule has 0 saturated carbocycles. The summed E-state index contributed by atoms with van der Waals surface area (Å²) in [5, 5.41) is 14.2. The number of carbonyl (C=O) groups is 1. The Kier molecular flexibility index (Phi) is 6.16. The summed E-state index contributed by atoms with van der Waals surface area (Å²) < 4.78 is 14.5. The first kappa shape index (κ1) is 17.0. The van der Waals surface area contributed by atoms with E-state index in [0.717, 1.165) is 18.4 Å². The van der Waals surface area contributed by atoms with E-state index in [1.807, 2.05) is 0 Å². The fourth-order valence-electron chi connectivity index (χ4n) is 2.26. The first-order valence-electron chi connectivity index (χ1n) is 7.58. The number of aryl methyl sites for hydroxylation is 1. The lowest BCUT2D eigenvalue weighted by atomic mass is 10.1. The van der Waals surface area contributed by atoms with Gasteiger partial charge in [-0.1, -0.05) is 12.1 Å². The van der Waals surface area contributed by atoms with Gasteiger partial charge in [0, 0.05) is 13.0 Å². The molecule has 2 aromatic rings. The predicted molar refractivity (Wildman–Crippen MR) is 83.0 cm³/mol. The Balaban J connectivity index is 2.10. The van der Waals surface area contributed by atoms with Gasteiger partial charge in [0.2, 0.25) is 5.91 Å². The van der Waals surface area contributed by atoms with Gasteiger partial charge in [-0.25, -0.2) is 9.07 Å². The van der Waals surface area contributed by atoms with Gasteiger partial charge < -0.3 is 11.1 Å². The number of hydrogen-bond acceptors (Lipinski definition) is 5. The quantitative estimate of drug-likeness (QED) is 0.700. The average Bonchev–Trinajstić information content (AvgIpc) is 2.96. The Morgan fingerprint density at radius 3 is 2.70 bits per heavy atom. The Morgan fingerprint density at radius 2 is 2.09 bits per heavy atom. The zero-order valence-corrected chi connectivity index (χ0v) is 13.1. The van der Waals surface area contributed by atoms with Gasteiger partial charge >= 0.3 is 0 Å². The molecule has 1 aromatic heterocycles. The Bertz CT molecular complexity index is 627. The van der Waals surface area contributed by atoms with Crippen molar-refractivity contribution in [3.05, 3.63) is 41.5 Å². The number of amides is 1. The molecule has 1 heterocycles. The molecule has 2 rings (SSSR count). The SMILES string of the molecule is Cc1nnnn1C(Cc1ccc(F)cc1)C(=O)NCCCCN. The van der Waals surface area contributed by atoms with Crippen LogP contribution >= 0.6 is 0 Å². The summed E-state index contributed by atoms with van der Waals surface area (Å²) in [6.07, 6.45) is 2.06. The van der Waals surface area contributed by atoms with E-state index in [2.05, 4.69) is 20.8 Å². The third kappa shape index (κ3) is 4.82. The van der Waals surface area contributed by atoms with Crippen molar-refractivity contribution in [2.75, 3.05) is 13.1 Å². The monoisotopic (exact) mass is 320 g/mol.